The van der Waals surface area contributed by atoms with Crippen molar-refractivity contribution < 1.29 is 23.9 Å². The van der Waals surface area contributed by atoms with Crippen LogP contribution >= 0.6 is 0 Å². The predicted molar refractivity (Wildman–Crippen MR) is 173 cm³/mol. The number of aromatic nitrogens is 2. The van der Waals surface area contributed by atoms with Crippen LogP contribution in [0, 0.1) is 5.41 Å². The lowest BCUT2D eigenvalue weighted by atomic mass is 9.85. The lowest BCUT2D eigenvalue weighted by Crippen LogP contribution is -2.59. The zero-order chi connectivity index (χ0) is 32.9. The number of rotatable bonds is 10. The molecule has 13 heteroatoms. The molecular formula is C32H42N8O5. The number of nitrogens with one attached hydrogen (secondary N) is 5. The van der Waals surface area contributed by atoms with Crippen molar-refractivity contribution in [2.75, 3.05) is 36.7 Å². The lowest BCUT2D eigenvalue weighted by Gasteiger charge is -2.36. The Labute approximate surface area is 262 Å². The molecule has 0 saturated carbocycles. The van der Waals surface area contributed by atoms with E-state index in [2.05, 4.69) is 36.6 Å². The molecule has 4 amide bonds. The van der Waals surface area contributed by atoms with Gasteiger partial charge in [-0.05, 0) is 62.6 Å². The maximum atomic E-state index is 13.8. The molecule has 1 aliphatic heterocycles. The third kappa shape index (κ3) is 7.85. The molecular weight excluding hydrogens is 576 g/mol. The Hall–Kier alpha value is -4.78. The number of methoxy groups -OCH3 is 1. The molecule has 0 spiro atoms. The van der Waals surface area contributed by atoms with Gasteiger partial charge in [0.25, 0.3) is 0 Å². The first kappa shape index (κ1) is 33.1. The fourth-order valence-electron chi connectivity index (χ4n) is 5.16. The Morgan fingerprint density at radius 1 is 1.02 bits per heavy atom. The smallest absolute Gasteiger partial charge is 0.247 e. The van der Waals surface area contributed by atoms with Gasteiger partial charge in [-0.15, -0.1) is 0 Å². The van der Waals surface area contributed by atoms with Crippen LogP contribution in [0.15, 0.2) is 42.7 Å². The topological polar surface area (TPSA) is 167 Å². The summed E-state index contributed by atoms with van der Waals surface area (Å²) in [6.45, 7) is 9.22. The third-order valence-corrected chi connectivity index (χ3v) is 7.75. The van der Waals surface area contributed by atoms with Gasteiger partial charge in [0.05, 0.1) is 24.4 Å². The summed E-state index contributed by atoms with van der Waals surface area (Å²) >= 11 is 0. The minimum Gasteiger partial charge on any atom is -0.494 e. The number of anilines is 4. The van der Waals surface area contributed by atoms with E-state index in [1.807, 2.05) is 32.9 Å². The van der Waals surface area contributed by atoms with Crippen LogP contribution in [-0.2, 0) is 19.2 Å². The van der Waals surface area contributed by atoms with Gasteiger partial charge in [-0.1, -0.05) is 20.8 Å². The molecule has 4 rings (SSSR count). The number of hydrogen-bond acceptors (Lipinski definition) is 9. The molecule has 240 valence electrons. The van der Waals surface area contributed by atoms with Gasteiger partial charge in [0.1, 0.15) is 30.0 Å². The van der Waals surface area contributed by atoms with Gasteiger partial charge in [0.2, 0.25) is 23.6 Å². The Morgan fingerprint density at radius 3 is 2.33 bits per heavy atom. The van der Waals surface area contributed by atoms with Crippen molar-refractivity contribution in [2.45, 2.75) is 65.6 Å². The fourth-order valence-corrected chi connectivity index (χ4v) is 5.16. The van der Waals surface area contributed by atoms with Crippen LogP contribution in [-0.4, -0.2) is 77.3 Å². The molecule has 3 aromatic rings. The summed E-state index contributed by atoms with van der Waals surface area (Å²) in [5.41, 5.74) is 1.80. The summed E-state index contributed by atoms with van der Waals surface area (Å²) < 4.78 is 5.59. The van der Waals surface area contributed by atoms with Gasteiger partial charge in [-0.3, -0.25) is 19.2 Å². The average molecular weight is 619 g/mol. The van der Waals surface area contributed by atoms with Crippen molar-refractivity contribution in [1.29, 1.82) is 0 Å². The summed E-state index contributed by atoms with van der Waals surface area (Å²) in [6.07, 6.45) is 2.56. The summed E-state index contributed by atoms with van der Waals surface area (Å²) in [5.74, 6) is -0.208. The van der Waals surface area contributed by atoms with Crippen molar-refractivity contribution in [3.8, 4) is 5.75 Å². The van der Waals surface area contributed by atoms with Crippen LogP contribution < -0.4 is 31.3 Å². The highest BCUT2D eigenvalue weighted by Gasteiger charge is 2.42. The van der Waals surface area contributed by atoms with E-state index in [0.717, 1.165) is 5.69 Å². The normalized spacial score (nSPS) is 16.1. The molecule has 1 aromatic heterocycles. The number of hydrogen-bond donors (Lipinski definition) is 5. The predicted octanol–water partition coefficient (Wildman–Crippen LogP) is 3.41. The van der Waals surface area contributed by atoms with E-state index in [1.54, 1.807) is 43.1 Å². The van der Waals surface area contributed by atoms with E-state index in [-0.39, 0.29) is 23.6 Å². The van der Waals surface area contributed by atoms with Crippen molar-refractivity contribution in [1.82, 2.24) is 25.5 Å². The molecule has 1 fully saturated rings. The molecule has 2 heterocycles. The first-order valence-corrected chi connectivity index (χ1v) is 14.9. The quantitative estimate of drug-likeness (QED) is 0.229. The largest absolute Gasteiger partial charge is 0.494 e. The molecule has 2 aromatic carbocycles. The van der Waals surface area contributed by atoms with E-state index in [4.69, 9.17) is 4.74 Å². The minimum absolute atomic E-state index is 0.161. The number of carbonyl (C=O) groups excluding carboxylic acids is 4. The van der Waals surface area contributed by atoms with E-state index in [9.17, 15) is 19.2 Å². The molecule has 1 saturated heterocycles. The number of likely N-dealkylation sites (N-methyl/N-ethyl adjacent to an activating group) is 1. The summed E-state index contributed by atoms with van der Waals surface area (Å²) in [5, 5.41) is 15.4. The molecule has 0 radical (unpaired) electrons. The molecule has 13 nitrogen and oxygen atoms in total. The number of benzene rings is 2. The van der Waals surface area contributed by atoms with Gasteiger partial charge in [0.15, 0.2) is 0 Å². The van der Waals surface area contributed by atoms with Crippen LogP contribution in [0.25, 0.3) is 10.9 Å². The lowest BCUT2D eigenvalue weighted by molar-refractivity contribution is -0.143. The summed E-state index contributed by atoms with van der Waals surface area (Å²) in [6, 6.07) is 8.58. The van der Waals surface area contributed by atoms with Gasteiger partial charge >= 0.3 is 0 Å². The Kier molecular flexibility index (Phi) is 10.2. The van der Waals surface area contributed by atoms with Crippen molar-refractivity contribution >= 4 is 57.4 Å². The Balaban J connectivity index is 1.58. The van der Waals surface area contributed by atoms with Gasteiger partial charge < -0.3 is 36.2 Å². The zero-order valence-electron chi connectivity index (χ0n) is 26.8. The zero-order valence-corrected chi connectivity index (χ0v) is 26.8. The van der Waals surface area contributed by atoms with Crippen LogP contribution in [0.2, 0.25) is 0 Å². The number of fused-ring (bicyclic) bond motifs is 1. The molecule has 0 bridgehead atoms. The highest BCUT2D eigenvalue weighted by Crippen LogP contribution is 2.34. The molecule has 1 aliphatic rings. The van der Waals surface area contributed by atoms with Gasteiger partial charge in [-0.25, -0.2) is 9.97 Å². The molecule has 0 aliphatic carbocycles. The van der Waals surface area contributed by atoms with Gasteiger partial charge in [0, 0.05) is 36.3 Å². The number of nitrogens with zero attached hydrogens (tertiary/aromatic N) is 3. The number of amides is 4. The maximum Gasteiger partial charge on any atom is 0.247 e. The highest BCUT2D eigenvalue weighted by atomic mass is 16.5. The standard InChI is InChI=1S/C32H42N8O5/c1-18(33-6)29(42)39-27(32(3,4)5)31(44)40-14-8-9-25(40)30(43)38-24-15-22-23(16-26(24)45-7)34-17-35-28(22)37-21-12-10-20(11-13-21)36-19(2)41/h10-13,15-18,25,27,33H,8-9,14H2,1-7H3,(H,36,41)(H,38,43)(H,39,42)(H,34,35,37)/t18-,25-,27+/m0/s1. The van der Waals surface area contributed by atoms with Gasteiger partial charge in [-0.2, -0.15) is 0 Å². The van der Waals surface area contributed by atoms with Crippen LogP contribution in [0.5, 0.6) is 5.75 Å². The van der Waals surface area contributed by atoms with Crippen LogP contribution in [0.3, 0.4) is 0 Å². The van der Waals surface area contributed by atoms with Crippen LogP contribution in [0.4, 0.5) is 22.9 Å². The first-order valence-electron chi connectivity index (χ1n) is 14.9. The summed E-state index contributed by atoms with van der Waals surface area (Å²) in [4.78, 5) is 62.0. The number of likely N-dealkylation sites (tertiary alicyclic amines) is 1. The minimum atomic E-state index is -0.817. The number of ether oxygens (including phenoxy) is 1. The highest BCUT2D eigenvalue weighted by molar-refractivity contribution is 6.03. The second-order valence-electron chi connectivity index (χ2n) is 12.2. The monoisotopic (exact) mass is 618 g/mol. The van der Waals surface area contributed by atoms with E-state index in [1.165, 1.54) is 20.4 Å². The van der Waals surface area contributed by atoms with E-state index < -0.39 is 23.5 Å². The number of carbonyl (C=O) groups is 4. The fraction of sp³-hybridized carbons (Fsp3) is 0.438. The van der Waals surface area contributed by atoms with E-state index >= 15 is 0 Å². The van der Waals surface area contributed by atoms with Crippen molar-refractivity contribution in [2.24, 2.45) is 5.41 Å². The Morgan fingerprint density at radius 2 is 1.71 bits per heavy atom. The second kappa shape index (κ2) is 13.9. The third-order valence-electron chi connectivity index (χ3n) is 7.75. The molecule has 5 N–H and O–H groups in total. The second-order valence-corrected chi connectivity index (χ2v) is 12.2. The molecule has 0 unspecified atom stereocenters. The van der Waals surface area contributed by atoms with Crippen molar-refractivity contribution in [3.63, 3.8) is 0 Å². The van der Waals surface area contributed by atoms with Crippen molar-refractivity contribution in [3.05, 3.63) is 42.7 Å². The maximum absolute atomic E-state index is 13.8. The average Bonchev–Trinajstić information content (AvgIpc) is 3.49. The SMILES string of the molecule is CN[C@@H](C)C(=O)N[C@H](C(=O)N1CCC[C@H]1C(=O)Nc1cc2c(Nc3ccc(NC(C)=O)cc3)ncnc2cc1OC)C(C)(C)C. The van der Waals surface area contributed by atoms with E-state index in [0.29, 0.717) is 53.2 Å². The first-order chi connectivity index (χ1) is 21.3. The molecule has 45 heavy (non-hydrogen) atoms. The Bertz CT molecular complexity index is 1570. The van der Waals surface area contributed by atoms with Crippen LogP contribution in [0.1, 0.15) is 47.5 Å². The molecule has 3 atom stereocenters. The summed E-state index contributed by atoms with van der Waals surface area (Å²) in [7, 11) is 3.18.